The summed E-state index contributed by atoms with van der Waals surface area (Å²) in [6.45, 7) is 1.77. The highest BCUT2D eigenvalue weighted by atomic mass is 16.5. The lowest BCUT2D eigenvalue weighted by Crippen LogP contribution is -2.39. The molecule has 2 aliphatic heterocycles. The summed E-state index contributed by atoms with van der Waals surface area (Å²) < 4.78 is 10.5. The maximum Gasteiger partial charge on any atom is 0.314 e. The third-order valence-corrected chi connectivity index (χ3v) is 3.30. The summed E-state index contributed by atoms with van der Waals surface area (Å²) in [5.41, 5.74) is 0.211. The number of carboxylic acids is 1. The van der Waals surface area contributed by atoms with Crippen LogP contribution in [0, 0.1) is 5.41 Å². The van der Waals surface area contributed by atoms with Gasteiger partial charge in [-0.25, -0.2) is 0 Å². The first-order valence-electron chi connectivity index (χ1n) is 5.38. The molecule has 0 atom stereocenters. The molecule has 84 valence electrons. The number of ether oxygens (including phenoxy) is 2. The first kappa shape index (κ1) is 10.5. The van der Waals surface area contributed by atoms with E-state index in [1.165, 1.54) is 0 Å². The van der Waals surface area contributed by atoms with Gasteiger partial charge in [-0.3, -0.25) is 4.79 Å². The smallest absolute Gasteiger partial charge is 0.314 e. The van der Waals surface area contributed by atoms with Crippen molar-refractivity contribution >= 4 is 5.97 Å². The minimum absolute atomic E-state index is 0.531. The summed E-state index contributed by atoms with van der Waals surface area (Å²) in [5.74, 6) is -0.734. The number of carboxylic acid groups (broad SMARTS) is 1. The second kappa shape index (κ2) is 4.23. The molecule has 2 heterocycles. The van der Waals surface area contributed by atoms with Gasteiger partial charge in [-0.05, 0) is 31.3 Å². The predicted octanol–water partition coefficient (Wildman–Crippen LogP) is 1.56. The molecule has 1 N–H and O–H groups in total. The van der Waals surface area contributed by atoms with Gasteiger partial charge in [-0.2, -0.15) is 0 Å². The van der Waals surface area contributed by atoms with E-state index < -0.39 is 11.4 Å². The van der Waals surface area contributed by atoms with Gasteiger partial charge in [0, 0.05) is 13.2 Å². The lowest BCUT2D eigenvalue weighted by atomic mass is 9.72. The fourth-order valence-electron chi connectivity index (χ4n) is 2.31. The van der Waals surface area contributed by atoms with Crippen LogP contribution in [-0.2, 0) is 14.3 Å². The van der Waals surface area contributed by atoms with E-state index >= 15 is 0 Å². The molecular formula is C11H16O4. The minimum Gasteiger partial charge on any atom is -0.501 e. The van der Waals surface area contributed by atoms with E-state index in [1.807, 2.05) is 0 Å². The molecule has 1 saturated heterocycles. The van der Waals surface area contributed by atoms with Crippen LogP contribution in [0.5, 0.6) is 0 Å². The van der Waals surface area contributed by atoms with Gasteiger partial charge in [0.2, 0.25) is 0 Å². The van der Waals surface area contributed by atoms with Crippen LogP contribution in [0.4, 0.5) is 0 Å². The van der Waals surface area contributed by atoms with Crippen LogP contribution in [-0.4, -0.2) is 30.9 Å². The highest BCUT2D eigenvalue weighted by Gasteiger charge is 2.44. The zero-order valence-electron chi connectivity index (χ0n) is 8.70. The van der Waals surface area contributed by atoms with E-state index in [-0.39, 0.29) is 0 Å². The summed E-state index contributed by atoms with van der Waals surface area (Å²) in [4.78, 5) is 11.4. The molecule has 0 radical (unpaired) electrons. The maximum absolute atomic E-state index is 11.4. The van der Waals surface area contributed by atoms with Gasteiger partial charge >= 0.3 is 5.97 Å². The molecule has 2 aliphatic rings. The SMILES string of the molecule is O=C(O)C1(C2=COCCC2)CCOCC1. The maximum atomic E-state index is 11.4. The van der Waals surface area contributed by atoms with Crippen LogP contribution < -0.4 is 0 Å². The second-order valence-corrected chi connectivity index (χ2v) is 4.12. The van der Waals surface area contributed by atoms with E-state index in [2.05, 4.69) is 0 Å². The van der Waals surface area contributed by atoms with E-state index in [1.54, 1.807) is 6.26 Å². The fraction of sp³-hybridized carbons (Fsp3) is 0.727. The Morgan fingerprint density at radius 2 is 2.07 bits per heavy atom. The zero-order chi connectivity index (χ0) is 10.7. The Labute approximate surface area is 88.9 Å². The van der Waals surface area contributed by atoms with Crippen LogP contribution >= 0.6 is 0 Å². The van der Waals surface area contributed by atoms with Crippen LogP contribution in [0.3, 0.4) is 0 Å². The van der Waals surface area contributed by atoms with E-state index in [0.29, 0.717) is 32.7 Å². The van der Waals surface area contributed by atoms with E-state index in [0.717, 1.165) is 18.4 Å². The molecule has 4 heteroatoms. The topological polar surface area (TPSA) is 55.8 Å². The van der Waals surface area contributed by atoms with Crippen LogP contribution in [0.15, 0.2) is 11.8 Å². The molecule has 0 aromatic heterocycles. The zero-order valence-corrected chi connectivity index (χ0v) is 8.70. The number of carbonyl (C=O) groups is 1. The molecule has 15 heavy (non-hydrogen) atoms. The highest BCUT2D eigenvalue weighted by molar-refractivity contribution is 5.78. The number of aliphatic carboxylic acids is 1. The molecule has 0 unspecified atom stereocenters. The Balaban J connectivity index is 2.24. The van der Waals surface area contributed by atoms with Gasteiger partial charge in [0.05, 0.1) is 18.3 Å². The molecule has 0 amide bonds. The van der Waals surface area contributed by atoms with Crippen molar-refractivity contribution in [3.05, 3.63) is 11.8 Å². The summed E-state index contributed by atoms with van der Waals surface area (Å²) >= 11 is 0. The van der Waals surface area contributed by atoms with Crippen LogP contribution in [0.25, 0.3) is 0 Å². The molecule has 0 spiro atoms. The molecular weight excluding hydrogens is 196 g/mol. The Hall–Kier alpha value is -1.03. The second-order valence-electron chi connectivity index (χ2n) is 4.12. The van der Waals surface area contributed by atoms with Crippen molar-refractivity contribution in [2.45, 2.75) is 25.7 Å². The average Bonchev–Trinajstić information content (AvgIpc) is 2.31. The number of hydrogen-bond acceptors (Lipinski definition) is 3. The quantitative estimate of drug-likeness (QED) is 0.754. The van der Waals surface area contributed by atoms with Gasteiger partial charge in [-0.15, -0.1) is 0 Å². The lowest BCUT2D eigenvalue weighted by molar-refractivity contribution is -0.152. The Morgan fingerprint density at radius 1 is 1.33 bits per heavy atom. The molecule has 0 bridgehead atoms. The van der Waals surface area contributed by atoms with E-state index in [4.69, 9.17) is 9.47 Å². The van der Waals surface area contributed by atoms with E-state index in [9.17, 15) is 9.90 Å². The third kappa shape index (κ3) is 1.86. The van der Waals surface area contributed by atoms with Crippen molar-refractivity contribution in [2.75, 3.05) is 19.8 Å². The van der Waals surface area contributed by atoms with Gasteiger partial charge in [0.25, 0.3) is 0 Å². The molecule has 2 rings (SSSR count). The summed E-state index contributed by atoms with van der Waals surface area (Å²) in [6.07, 6.45) is 4.55. The normalized spacial score (nSPS) is 25.2. The molecule has 0 aromatic carbocycles. The largest absolute Gasteiger partial charge is 0.501 e. The summed E-state index contributed by atoms with van der Waals surface area (Å²) in [6, 6.07) is 0. The van der Waals surface area contributed by atoms with Crippen molar-refractivity contribution in [3.8, 4) is 0 Å². The molecule has 1 fully saturated rings. The summed E-state index contributed by atoms with van der Waals surface area (Å²) in [5, 5.41) is 9.39. The Kier molecular flexibility index (Phi) is 2.95. The average molecular weight is 212 g/mol. The van der Waals surface area contributed by atoms with Crippen molar-refractivity contribution in [3.63, 3.8) is 0 Å². The van der Waals surface area contributed by atoms with Gasteiger partial charge < -0.3 is 14.6 Å². The molecule has 0 aromatic rings. The highest BCUT2D eigenvalue weighted by Crippen LogP contribution is 2.41. The Morgan fingerprint density at radius 3 is 2.60 bits per heavy atom. The van der Waals surface area contributed by atoms with Crippen molar-refractivity contribution in [1.82, 2.24) is 0 Å². The predicted molar refractivity (Wildman–Crippen MR) is 53.4 cm³/mol. The monoisotopic (exact) mass is 212 g/mol. The van der Waals surface area contributed by atoms with Crippen LogP contribution in [0.1, 0.15) is 25.7 Å². The van der Waals surface area contributed by atoms with Crippen LogP contribution in [0.2, 0.25) is 0 Å². The summed E-state index contributed by atoms with van der Waals surface area (Å²) in [7, 11) is 0. The van der Waals surface area contributed by atoms with Crippen molar-refractivity contribution < 1.29 is 19.4 Å². The fourth-order valence-corrected chi connectivity index (χ4v) is 2.31. The first-order chi connectivity index (χ1) is 7.26. The minimum atomic E-state index is -0.734. The molecule has 4 nitrogen and oxygen atoms in total. The number of rotatable bonds is 2. The van der Waals surface area contributed by atoms with Gasteiger partial charge in [0.1, 0.15) is 0 Å². The standard InChI is InChI=1S/C11H16O4/c12-10(13)11(3-6-14-7-4-11)9-2-1-5-15-8-9/h8H,1-7H2,(H,12,13). The number of hydrogen-bond donors (Lipinski definition) is 1. The molecule has 0 saturated carbocycles. The van der Waals surface area contributed by atoms with Gasteiger partial charge in [-0.1, -0.05) is 0 Å². The van der Waals surface area contributed by atoms with Crippen molar-refractivity contribution in [1.29, 1.82) is 0 Å². The lowest BCUT2D eigenvalue weighted by Gasteiger charge is -2.36. The van der Waals surface area contributed by atoms with Gasteiger partial charge in [0.15, 0.2) is 0 Å². The Bertz CT molecular complexity index is 276. The molecule has 0 aliphatic carbocycles. The first-order valence-corrected chi connectivity index (χ1v) is 5.38. The third-order valence-electron chi connectivity index (χ3n) is 3.30. The van der Waals surface area contributed by atoms with Crippen molar-refractivity contribution in [2.24, 2.45) is 5.41 Å².